The largest absolute Gasteiger partial charge is 0.352 e. The molecule has 1 fully saturated rings. The number of anilines is 2. The van der Waals surface area contributed by atoms with Crippen molar-refractivity contribution in [3.05, 3.63) is 48.3 Å². The number of hydrogen-bond acceptors (Lipinski definition) is 5. The maximum absolute atomic E-state index is 12.2. The Morgan fingerprint density at radius 2 is 2.00 bits per heavy atom. The highest BCUT2D eigenvalue weighted by atomic mass is 16.1. The van der Waals surface area contributed by atoms with Crippen LogP contribution in [-0.4, -0.2) is 47.5 Å². The molecule has 1 aliphatic heterocycles. The first kappa shape index (κ1) is 16.4. The summed E-state index contributed by atoms with van der Waals surface area (Å²) in [5, 5.41) is 6.09. The van der Waals surface area contributed by atoms with Gasteiger partial charge < -0.3 is 15.5 Å². The summed E-state index contributed by atoms with van der Waals surface area (Å²) in [5.41, 5.74) is 1.40. The van der Waals surface area contributed by atoms with Crippen LogP contribution < -0.4 is 10.6 Å². The van der Waals surface area contributed by atoms with Crippen LogP contribution >= 0.6 is 0 Å². The van der Waals surface area contributed by atoms with Gasteiger partial charge in [-0.25, -0.2) is 9.97 Å². The molecule has 2 heterocycles. The van der Waals surface area contributed by atoms with Gasteiger partial charge in [-0.2, -0.15) is 0 Å². The number of likely N-dealkylation sites (tertiary alicyclic amines) is 1. The third-order valence-corrected chi connectivity index (χ3v) is 4.22. The summed E-state index contributed by atoms with van der Waals surface area (Å²) in [6.07, 6.45) is 5.47. The molecule has 1 aromatic carbocycles. The molecule has 1 unspecified atom stereocenters. The summed E-state index contributed by atoms with van der Waals surface area (Å²) < 4.78 is 0. The first-order valence-corrected chi connectivity index (χ1v) is 8.31. The lowest BCUT2D eigenvalue weighted by atomic mass is 9.98. The number of para-hydroxylation sites is 1. The Kier molecular flexibility index (Phi) is 5.38. The fourth-order valence-electron chi connectivity index (χ4n) is 2.94. The lowest BCUT2D eigenvalue weighted by molar-refractivity contribution is 0.0936. The van der Waals surface area contributed by atoms with E-state index in [-0.39, 0.29) is 5.91 Å². The second-order valence-electron chi connectivity index (χ2n) is 6.27. The van der Waals surface area contributed by atoms with E-state index in [1.807, 2.05) is 30.3 Å². The van der Waals surface area contributed by atoms with E-state index in [0.29, 0.717) is 24.0 Å². The molecule has 1 saturated heterocycles. The number of rotatable bonds is 5. The Balaban J connectivity index is 1.52. The zero-order valence-electron chi connectivity index (χ0n) is 13.9. The van der Waals surface area contributed by atoms with Gasteiger partial charge in [0.25, 0.3) is 5.91 Å². The third kappa shape index (κ3) is 4.52. The van der Waals surface area contributed by atoms with Crippen LogP contribution in [0.1, 0.15) is 23.2 Å². The monoisotopic (exact) mass is 325 g/mol. The van der Waals surface area contributed by atoms with Gasteiger partial charge in [-0.1, -0.05) is 18.2 Å². The Labute approximate surface area is 142 Å². The second kappa shape index (κ2) is 7.88. The van der Waals surface area contributed by atoms with Gasteiger partial charge in [-0.3, -0.25) is 4.79 Å². The van der Waals surface area contributed by atoms with Crippen molar-refractivity contribution >= 4 is 17.5 Å². The van der Waals surface area contributed by atoms with Crippen LogP contribution in [0.4, 0.5) is 11.6 Å². The molecule has 3 rings (SSSR count). The fourth-order valence-corrected chi connectivity index (χ4v) is 2.94. The van der Waals surface area contributed by atoms with Gasteiger partial charge in [0.2, 0.25) is 5.95 Å². The standard InChI is InChI=1S/C18H23N5O/c1-23-9-5-6-14(13-23)10-19-17(24)15-11-20-18(21-12-15)22-16-7-3-2-4-8-16/h2-4,7-8,11-12,14H,5-6,9-10,13H2,1H3,(H,19,24)(H,20,21,22). The van der Waals surface area contributed by atoms with E-state index in [2.05, 4.69) is 32.5 Å². The molecule has 1 atom stereocenters. The van der Waals surface area contributed by atoms with Crippen LogP contribution in [-0.2, 0) is 0 Å². The lowest BCUT2D eigenvalue weighted by Crippen LogP contribution is -2.39. The number of aromatic nitrogens is 2. The van der Waals surface area contributed by atoms with E-state index in [1.54, 1.807) is 12.4 Å². The van der Waals surface area contributed by atoms with Crippen LogP contribution in [0.5, 0.6) is 0 Å². The minimum Gasteiger partial charge on any atom is -0.352 e. The number of carbonyl (C=O) groups is 1. The number of hydrogen-bond donors (Lipinski definition) is 2. The average Bonchev–Trinajstić information content (AvgIpc) is 2.61. The van der Waals surface area contributed by atoms with E-state index in [0.717, 1.165) is 18.8 Å². The summed E-state index contributed by atoms with van der Waals surface area (Å²) >= 11 is 0. The highest BCUT2D eigenvalue weighted by Crippen LogP contribution is 2.14. The molecule has 1 aromatic heterocycles. The van der Waals surface area contributed by atoms with Crippen molar-refractivity contribution in [3.8, 4) is 0 Å². The van der Waals surface area contributed by atoms with Gasteiger partial charge >= 0.3 is 0 Å². The van der Waals surface area contributed by atoms with Crippen LogP contribution in [0.3, 0.4) is 0 Å². The molecule has 6 heteroatoms. The molecule has 2 N–H and O–H groups in total. The zero-order chi connectivity index (χ0) is 16.8. The first-order chi connectivity index (χ1) is 11.7. The highest BCUT2D eigenvalue weighted by molar-refractivity contribution is 5.93. The predicted molar refractivity (Wildman–Crippen MR) is 94.3 cm³/mol. The van der Waals surface area contributed by atoms with Crippen LogP contribution in [0.15, 0.2) is 42.7 Å². The van der Waals surface area contributed by atoms with Gasteiger partial charge in [-0.05, 0) is 44.5 Å². The molecule has 0 radical (unpaired) electrons. The molecule has 2 aromatic rings. The predicted octanol–water partition coefficient (Wildman–Crippen LogP) is 2.29. The van der Waals surface area contributed by atoms with Crippen molar-refractivity contribution in [2.24, 2.45) is 5.92 Å². The molecule has 0 saturated carbocycles. The van der Waals surface area contributed by atoms with E-state index in [4.69, 9.17) is 0 Å². The Morgan fingerprint density at radius 3 is 2.71 bits per heavy atom. The molecular weight excluding hydrogens is 302 g/mol. The smallest absolute Gasteiger partial charge is 0.254 e. The number of amides is 1. The van der Waals surface area contributed by atoms with Crippen molar-refractivity contribution in [2.45, 2.75) is 12.8 Å². The molecular formula is C18H23N5O. The van der Waals surface area contributed by atoms with Crippen molar-refractivity contribution in [2.75, 3.05) is 32.0 Å². The van der Waals surface area contributed by atoms with Gasteiger partial charge in [-0.15, -0.1) is 0 Å². The van der Waals surface area contributed by atoms with E-state index in [1.165, 1.54) is 12.8 Å². The van der Waals surface area contributed by atoms with E-state index >= 15 is 0 Å². The third-order valence-electron chi connectivity index (χ3n) is 4.22. The maximum Gasteiger partial charge on any atom is 0.254 e. The fraction of sp³-hybridized carbons (Fsp3) is 0.389. The minimum atomic E-state index is -0.116. The normalized spacial score (nSPS) is 18.1. The molecule has 1 amide bonds. The van der Waals surface area contributed by atoms with Gasteiger partial charge in [0.15, 0.2) is 0 Å². The van der Waals surface area contributed by atoms with Gasteiger partial charge in [0, 0.05) is 31.2 Å². The summed E-state index contributed by atoms with van der Waals surface area (Å²) in [7, 11) is 2.13. The number of carbonyl (C=O) groups excluding carboxylic acids is 1. The molecule has 0 bridgehead atoms. The summed E-state index contributed by atoms with van der Waals surface area (Å²) in [6.45, 7) is 2.89. The number of nitrogens with one attached hydrogen (secondary N) is 2. The van der Waals surface area contributed by atoms with E-state index in [9.17, 15) is 4.79 Å². The van der Waals surface area contributed by atoms with Crippen molar-refractivity contribution < 1.29 is 4.79 Å². The Bertz CT molecular complexity index is 659. The van der Waals surface area contributed by atoms with Crippen molar-refractivity contribution in [1.29, 1.82) is 0 Å². The average molecular weight is 325 g/mol. The summed E-state index contributed by atoms with van der Waals surface area (Å²) in [4.78, 5) is 22.9. The lowest BCUT2D eigenvalue weighted by Gasteiger charge is -2.29. The highest BCUT2D eigenvalue weighted by Gasteiger charge is 2.18. The molecule has 24 heavy (non-hydrogen) atoms. The maximum atomic E-state index is 12.2. The number of nitrogens with zero attached hydrogens (tertiary/aromatic N) is 3. The number of piperidine rings is 1. The minimum absolute atomic E-state index is 0.116. The van der Waals surface area contributed by atoms with Crippen LogP contribution in [0.25, 0.3) is 0 Å². The summed E-state index contributed by atoms with van der Waals surface area (Å²) in [6, 6.07) is 9.69. The molecule has 0 spiro atoms. The first-order valence-electron chi connectivity index (χ1n) is 8.31. The van der Waals surface area contributed by atoms with E-state index < -0.39 is 0 Å². The Morgan fingerprint density at radius 1 is 1.25 bits per heavy atom. The molecule has 126 valence electrons. The van der Waals surface area contributed by atoms with Gasteiger partial charge in [0.05, 0.1) is 5.56 Å². The summed E-state index contributed by atoms with van der Waals surface area (Å²) in [5.74, 6) is 0.883. The zero-order valence-corrected chi connectivity index (χ0v) is 13.9. The van der Waals surface area contributed by atoms with Crippen LogP contribution in [0, 0.1) is 5.92 Å². The van der Waals surface area contributed by atoms with Crippen molar-refractivity contribution in [3.63, 3.8) is 0 Å². The van der Waals surface area contributed by atoms with Crippen molar-refractivity contribution in [1.82, 2.24) is 20.2 Å². The molecule has 1 aliphatic rings. The second-order valence-corrected chi connectivity index (χ2v) is 6.27. The Hall–Kier alpha value is -2.47. The molecule has 6 nitrogen and oxygen atoms in total. The quantitative estimate of drug-likeness (QED) is 0.883. The number of benzene rings is 1. The molecule has 0 aliphatic carbocycles. The van der Waals surface area contributed by atoms with Gasteiger partial charge in [0.1, 0.15) is 0 Å². The SMILES string of the molecule is CN1CCCC(CNC(=O)c2cnc(Nc3ccccc3)nc2)C1. The topological polar surface area (TPSA) is 70.2 Å². The van der Waals surface area contributed by atoms with Crippen LogP contribution in [0.2, 0.25) is 0 Å².